The number of alkyl halides is 6. The number of likely N-dealkylation sites (N-methyl/N-ethyl adjacent to an activating group) is 1. The number of hydrogen-bond acceptors (Lipinski definition) is 2. The lowest BCUT2D eigenvalue weighted by Gasteiger charge is -2.21. The lowest BCUT2D eigenvalue weighted by atomic mass is 10.0. The molecule has 1 aromatic carbocycles. The zero-order valence-electron chi connectivity index (χ0n) is 14.7. The van der Waals surface area contributed by atoms with Gasteiger partial charge in [-0.3, -0.25) is 0 Å². The Morgan fingerprint density at radius 1 is 1.04 bits per heavy atom. The van der Waals surface area contributed by atoms with Gasteiger partial charge in [0.25, 0.3) is 0 Å². The van der Waals surface area contributed by atoms with Crippen molar-refractivity contribution in [3.05, 3.63) is 47.3 Å². The number of benzene rings is 1. The predicted octanol–water partition coefficient (Wildman–Crippen LogP) is 5.47. The summed E-state index contributed by atoms with van der Waals surface area (Å²) in [5, 5.41) is 0.154. The number of halogens is 6. The fourth-order valence-electron chi connectivity index (χ4n) is 3.45. The molecular weight excluding hydrogens is 384 g/mol. The Labute approximate surface area is 155 Å². The number of nitrogens with zero attached hydrogens (tertiary/aromatic N) is 2. The third kappa shape index (κ3) is 3.23. The summed E-state index contributed by atoms with van der Waals surface area (Å²) in [7, 11) is 1.97. The smallest absolute Gasteiger partial charge is 0.353 e. The second-order valence-corrected chi connectivity index (χ2v) is 6.90. The van der Waals surface area contributed by atoms with Crippen LogP contribution in [0.1, 0.15) is 23.4 Å². The van der Waals surface area contributed by atoms with Crippen molar-refractivity contribution in [1.29, 1.82) is 0 Å². The van der Waals surface area contributed by atoms with E-state index in [2.05, 4.69) is 14.9 Å². The van der Waals surface area contributed by atoms with Crippen molar-refractivity contribution in [2.75, 3.05) is 20.1 Å². The zero-order valence-corrected chi connectivity index (χ0v) is 14.7. The summed E-state index contributed by atoms with van der Waals surface area (Å²) < 4.78 is 79.7. The molecule has 0 radical (unpaired) electrons. The molecule has 3 aromatic rings. The van der Waals surface area contributed by atoms with Crippen molar-refractivity contribution in [1.82, 2.24) is 14.9 Å². The van der Waals surface area contributed by atoms with E-state index in [0.717, 1.165) is 25.1 Å². The van der Waals surface area contributed by atoms with Crippen LogP contribution >= 0.6 is 0 Å². The van der Waals surface area contributed by atoms with E-state index in [1.54, 1.807) is 6.07 Å². The minimum absolute atomic E-state index is 0.0670. The van der Waals surface area contributed by atoms with Crippen molar-refractivity contribution in [3.63, 3.8) is 0 Å². The summed E-state index contributed by atoms with van der Waals surface area (Å²) in [5.74, 6) is 0. The number of nitrogens with one attached hydrogen (secondary N) is 1. The lowest BCUT2D eigenvalue weighted by Crippen LogP contribution is -2.23. The van der Waals surface area contributed by atoms with Crippen LogP contribution in [0.25, 0.3) is 27.4 Å². The van der Waals surface area contributed by atoms with Crippen molar-refractivity contribution >= 4 is 27.4 Å². The summed E-state index contributed by atoms with van der Waals surface area (Å²) >= 11 is 0. The fourth-order valence-corrected chi connectivity index (χ4v) is 3.45. The molecule has 2 aromatic heterocycles. The van der Waals surface area contributed by atoms with Gasteiger partial charge in [-0.25, -0.2) is 4.98 Å². The average molecular weight is 399 g/mol. The Balaban J connectivity index is 1.98. The summed E-state index contributed by atoms with van der Waals surface area (Å²) in [6.07, 6.45) is -7.19. The van der Waals surface area contributed by atoms with Gasteiger partial charge in [0.15, 0.2) is 0 Å². The first kappa shape index (κ1) is 18.8. The molecule has 0 bridgehead atoms. The summed E-state index contributed by atoms with van der Waals surface area (Å²) in [6, 6.07) is 4.45. The van der Waals surface area contributed by atoms with Crippen molar-refractivity contribution in [3.8, 4) is 0 Å². The monoisotopic (exact) mass is 399 g/mol. The van der Waals surface area contributed by atoms with E-state index in [4.69, 9.17) is 0 Å². The standard InChI is InChI=1S/C19H15F6N3/c1-28-6-4-10(5-7-28)14-8-11-2-3-12-13(18(20,21)22)9-15(19(23,24)25)27-17(12)16(11)26-14/h2-4,8-9,26H,5-7H2,1H3. The Morgan fingerprint density at radius 2 is 1.79 bits per heavy atom. The Bertz CT molecular complexity index is 1090. The maximum Gasteiger partial charge on any atom is 0.433 e. The van der Waals surface area contributed by atoms with Gasteiger partial charge in [0.1, 0.15) is 5.69 Å². The second-order valence-electron chi connectivity index (χ2n) is 6.90. The van der Waals surface area contributed by atoms with Crippen LogP contribution in [-0.2, 0) is 12.4 Å². The molecule has 0 saturated heterocycles. The lowest BCUT2D eigenvalue weighted by molar-refractivity contribution is -0.144. The third-order valence-corrected chi connectivity index (χ3v) is 4.93. The number of hydrogen-bond donors (Lipinski definition) is 1. The van der Waals surface area contributed by atoms with Crippen molar-refractivity contribution in [2.45, 2.75) is 18.8 Å². The van der Waals surface area contributed by atoms with Crippen molar-refractivity contribution in [2.24, 2.45) is 0 Å². The van der Waals surface area contributed by atoms with Gasteiger partial charge in [0, 0.05) is 29.6 Å². The normalized spacial score (nSPS) is 16.8. The molecule has 1 aliphatic heterocycles. The van der Waals surface area contributed by atoms with Crippen LogP contribution in [0.4, 0.5) is 26.3 Å². The molecule has 3 nitrogen and oxygen atoms in total. The van der Waals surface area contributed by atoms with E-state index >= 15 is 0 Å². The highest BCUT2D eigenvalue weighted by molar-refractivity contribution is 6.05. The van der Waals surface area contributed by atoms with Gasteiger partial charge in [0.2, 0.25) is 0 Å². The van der Waals surface area contributed by atoms with E-state index in [0.29, 0.717) is 11.1 Å². The van der Waals surface area contributed by atoms with Crippen LogP contribution in [0.15, 0.2) is 30.3 Å². The number of rotatable bonds is 1. The molecule has 1 aliphatic rings. The Morgan fingerprint density at radius 3 is 2.39 bits per heavy atom. The fraction of sp³-hybridized carbons (Fsp3) is 0.316. The second kappa shape index (κ2) is 6.23. The maximum atomic E-state index is 13.4. The first-order valence-electron chi connectivity index (χ1n) is 8.53. The molecular formula is C19H15F6N3. The van der Waals surface area contributed by atoms with Gasteiger partial charge in [-0.2, -0.15) is 26.3 Å². The molecule has 148 valence electrons. The van der Waals surface area contributed by atoms with E-state index < -0.39 is 23.6 Å². The summed E-state index contributed by atoms with van der Waals surface area (Å²) in [6.45, 7) is 1.54. The number of fused-ring (bicyclic) bond motifs is 3. The minimum atomic E-state index is -4.98. The highest BCUT2D eigenvalue weighted by Crippen LogP contribution is 2.40. The van der Waals surface area contributed by atoms with E-state index in [1.165, 1.54) is 12.1 Å². The first-order chi connectivity index (χ1) is 13.0. The van der Waals surface area contributed by atoms with Crippen LogP contribution in [0.5, 0.6) is 0 Å². The maximum absolute atomic E-state index is 13.4. The van der Waals surface area contributed by atoms with Crippen LogP contribution < -0.4 is 0 Å². The highest BCUT2D eigenvalue weighted by Gasteiger charge is 2.39. The molecule has 0 amide bonds. The first-order valence-corrected chi connectivity index (χ1v) is 8.53. The molecule has 0 aliphatic carbocycles. The SMILES string of the molecule is CN1CC=C(c2cc3ccc4c(C(F)(F)F)cc(C(F)(F)F)nc4c3[nH]2)CC1. The zero-order chi connectivity index (χ0) is 20.3. The average Bonchev–Trinajstić information content (AvgIpc) is 3.04. The molecule has 0 fully saturated rings. The summed E-state index contributed by atoms with van der Waals surface area (Å²) in [5.41, 5.74) is -1.41. The minimum Gasteiger partial charge on any atom is -0.353 e. The molecule has 0 spiro atoms. The molecule has 4 rings (SSSR count). The molecule has 28 heavy (non-hydrogen) atoms. The van der Waals surface area contributed by atoms with Crippen LogP contribution in [-0.4, -0.2) is 35.0 Å². The van der Waals surface area contributed by atoms with Gasteiger partial charge in [-0.15, -0.1) is 0 Å². The number of aromatic nitrogens is 2. The number of H-pyrrole nitrogens is 1. The molecule has 1 N–H and O–H groups in total. The third-order valence-electron chi connectivity index (χ3n) is 4.93. The van der Waals surface area contributed by atoms with E-state index in [1.807, 2.05) is 13.1 Å². The van der Waals surface area contributed by atoms with E-state index in [-0.39, 0.29) is 22.5 Å². The van der Waals surface area contributed by atoms with E-state index in [9.17, 15) is 26.3 Å². The van der Waals surface area contributed by atoms with Gasteiger partial charge in [0.05, 0.1) is 16.6 Å². The van der Waals surface area contributed by atoms with Gasteiger partial charge in [-0.05, 0) is 31.2 Å². The Hall–Kier alpha value is -2.55. The van der Waals surface area contributed by atoms with Gasteiger partial charge in [-0.1, -0.05) is 18.2 Å². The number of aromatic amines is 1. The van der Waals surface area contributed by atoms with Crippen LogP contribution in [0.2, 0.25) is 0 Å². The molecule has 3 heterocycles. The topological polar surface area (TPSA) is 31.9 Å². The van der Waals surface area contributed by atoms with Gasteiger partial charge < -0.3 is 9.88 Å². The number of pyridine rings is 1. The van der Waals surface area contributed by atoms with Crippen molar-refractivity contribution < 1.29 is 26.3 Å². The molecule has 0 atom stereocenters. The predicted molar refractivity (Wildman–Crippen MR) is 93.7 cm³/mol. The molecule has 0 unspecified atom stereocenters. The van der Waals surface area contributed by atoms with Crippen LogP contribution in [0.3, 0.4) is 0 Å². The van der Waals surface area contributed by atoms with Crippen LogP contribution in [0, 0.1) is 0 Å². The molecule has 0 saturated carbocycles. The Kier molecular flexibility index (Phi) is 4.18. The highest BCUT2D eigenvalue weighted by atomic mass is 19.4. The summed E-state index contributed by atoms with van der Waals surface area (Å²) in [4.78, 5) is 8.64. The quantitative estimate of drug-likeness (QED) is 0.550. The van der Waals surface area contributed by atoms with Gasteiger partial charge >= 0.3 is 12.4 Å². The molecule has 9 heteroatoms. The largest absolute Gasteiger partial charge is 0.433 e.